The lowest BCUT2D eigenvalue weighted by molar-refractivity contribution is 0.415. The number of halogens is 2. The number of hydrogen-bond donors (Lipinski definition) is 0. The largest absolute Gasteiger partial charge is 0.497 e. The van der Waals surface area contributed by atoms with Gasteiger partial charge in [-0.1, -0.05) is 0 Å². The van der Waals surface area contributed by atoms with Crippen molar-refractivity contribution < 1.29 is 22.7 Å². The molecule has 28 heavy (non-hydrogen) atoms. The fraction of sp³-hybridized carbons (Fsp3) is 0.0455. The van der Waals surface area contributed by atoms with Crippen molar-refractivity contribution in [3.63, 3.8) is 0 Å². The van der Waals surface area contributed by atoms with Crippen LogP contribution in [0.15, 0.2) is 75.9 Å². The minimum atomic E-state index is -0.983. The number of benzene rings is 3. The van der Waals surface area contributed by atoms with Gasteiger partial charge < -0.3 is 13.9 Å². The molecule has 0 unspecified atom stereocenters. The molecule has 4 nitrogen and oxygen atoms in total. The van der Waals surface area contributed by atoms with Crippen molar-refractivity contribution >= 4 is 11.0 Å². The molecular formula is C22H14F2O4. The van der Waals surface area contributed by atoms with Crippen LogP contribution in [-0.4, -0.2) is 7.11 Å². The molecule has 0 aliphatic carbocycles. The zero-order valence-corrected chi connectivity index (χ0v) is 14.7. The first-order valence-electron chi connectivity index (χ1n) is 8.39. The van der Waals surface area contributed by atoms with Crippen LogP contribution in [0.4, 0.5) is 8.78 Å². The Morgan fingerprint density at radius 3 is 2.21 bits per heavy atom. The van der Waals surface area contributed by atoms with Crippen LogP contribution in [0, 0.1) is 11.6 Å². The van der Waals surface area contributed by atoms with Gasteiger partial charge in [0.2, 0.25) is 0 Å². The van der Waals surface area contributed by atoms with Crippen molar-refractivity contribution in [2.45, 2.75) is 0 Å². The average Bonchev–Trinajstić information content (AvgIpc) is 2.71. The van der Waals surface area contributed by atoms with Gasteiger partial charge in [0.25, 0.3) is 0 Å². The zero-order chi connectivity index (χ0) is 19.7. The van der Waals surface area contributed by atoms with E-state index in [1.807, 2.05) is 0 Å². The lowest BCUT2D eigenvalue weighted by Gasteiger charge is -2.08. The lowest BCUT2D eigenvalue weighted by Crippen LogP contribution is -2.00. The number of methoxy groups -OCH3 is 1. The first-order valence-corrected chi connectivity index (χ1v) is 8.39. The van der Waals surface area contributed by atoms with Gasteiger partial charge in [-0.25, -0.2) is 8.78 Å². The van der Waals surface area contributed by atoms with Gasteiger partial charge in [-0.3, -0.25) is 4.79 Å². The summed E-state index contributed by atoms with van der Waals surface area (Å²) in [4.78, 5) is 12.4. The van der Waals surface area contributed by atoms with Gasteiger partial charge in [-0.05, 0) is 54.6 Å². The Kier molecular flexibility index (Phi) is 4.53. The molecule has 0 N–H and O–H groups in total. The molecule has 4 aromatic rings. The second-order valence-corrected chi connectivity index (χ2v) is 6.04. The summed E-state index contributed by atoms with van der Waals surface area (Å²) >= 11 is 0. The maximum Gasteiger partial charge on any atom is 0.193 e. The maximum absolute atomic E-state index is 13.3. The Morgan fingerprint density at radius 2 is 1.50 bits per heavy atom. The van der Waals surface area contributed by atoms with Crippen LogP contribution < -0.4 is 14.9 Å². The highest BCUT2D eigenvalue weighted by Gasteiger charge is 2.09. The number of ether oxygens (including phenoxy) is 2. The minimum Gasteiger partial charge on any atom is -0.497 e. The summed E-state index contributed by atoms with van der Waals surface area (Å²) in [5.41, 5.74) is 0.940. The highest BCUT2D eigenvalue weighted by atomic mass is 19.2. The molecule has 0 atom stereocenters. The first-order chi connectivity index (χ1) is 13.5. The van der Waals surface area contributed by atoms with E-state index in [4.69, 9.17) is 13.9 Å². The fourth-order valence-electron chi connectivity index (χ4n) is 2.77. The smallest absolute Gasteiger partial charge is 0.193 e. The van der Waals surface area contributed by atoms with Crippen molar-refractivity contribution in [2.75, 3.05) is 7.11 Å². The molecular weight excluding hydrogens is 366 g/mol. The first kappa shape index (κ1) is 17.7. The SMILES string of the molecule is COc1ccc2oc(-c3ccc(Oc4ccc(F)c(F)c4)cc3)cc(=O)c2c1. The van der Waals surface area contributed by atoms with Gasteiger partial charge in [-0.2, -0.15) is 0 Å². The molecule has 4 rings (SSSR count). The standard InChI is InChI=1S/C22H14F2O4/c1-26-15-7-9-21-17(10-15)20(25)12-22(28-21)13-2-4-14(5-3-13)27-16-6-8-18(23)19(24)11-16/h2-12H,1H3. The van der Waals surface area contributed by atoms with E-state index in [0.29, 0.717) is 33.8 Å². The van der Waals surface area contributed by atoms with Crippen molar-refractivity contribution in [3.8, 4) is 28.6 Å². The van der Waals surface area contributed by atoms with E-state index in [2.05, 4.69) is 0 Å². The number of fused-ring (bicyclic) bond motifs is 1. The van der Waals surface area contributed by atoms with Crippen molar-refractivity contribution in [2.24, 2.45) is 0 Å². The Bertz CT molecular complexity index is 1210. The molecule has 6 heteroatoms. The molecule has 140 valence electrons. The molecule has 0 bridgehead atoms. The van der Waals surface area contributed by atoms with Gasteiger partial charge in [0.15, 0.2) is 17.1 Å². The molecule has 0 aliphatic rings. The summed E-state index contributed by atoms with van der Waals surface area (Å²) in [6.07, 6.45) is 0. The van der Waals surface area contributed by atoms with Gasteiger partial charge in [0.1, 0.15) is 28.6 Å². The van der Waals surface area contributed by atoms with E-state index < -0.39 is 11.6 Å². The maximum atomic E-state index is 13.3. The molecule has 0 aliphatic heterocycles. The average molecular weight is 380 g/mol. The normalized spacial score (nSPS) is 10.8. The van der Waals surface area contributed by atoms with Gasteiger partial charge in [-0.15, -0.1) is 0 Å². The summed E-state index contributed by atoms with van der Waals surface area (Å²) in [6.45, 7) is 0. The van der Waals surface area contributed by atoms with Crippen LogP contribution in [-0.2, 0) is 0 Å². The fourth-order valence-corrected chi connectivity index (χ4v) is 2.77. The van der Waals surface area contributed by atoms with E-state index >= 15 is 0 Å². The highest BCUT2D eigenvalue weighted by Crippen LogP contribution is 2.28. The minimum absolute atomic E-state index is 0.179. The predicted octanol–water partition coefficient (Wildman–Crippen LogP) is 5.54. The molecule has 0 fully saturated rings. The molecule has 0 spiro atoms. The molecule has 1 heterocycles. The van der Waals surface area contributed by atoms with Crippen molar-refractivity contribution in [1.82, 2.24) is 0 Å². The van der Waals surface area contributed by atoms with Gasteiger partial charge in [0, 0.05) is 17.7 Å². The lowest BCUT2D eigenvalue weighted by atomic mass is 10.1. The van der Waals surface area contributed by atoms with Crippen LogP contribution in [0.1, 0.15) is 0 Å². The van der Waals surface area contributed by atoms with Crippen molar-refractivity contribution in [3.05, 3.63) is 88.6 Å². The van der Waals surface area contributed by atoms with Crippen LogP contribution in [0.25, 0.3) is 22.3 Å². The summed E-state index contributed by atoms with van der Waals surface area (Å²) < 4.78 is 42.7. The topological polar surface area (TPSA) is 48.7 Å². The molecule has 1 aromatic heterocycles. The van der Waals surface area contributed by atoms with Crippen molar-refractivity contribution in [1.29, 1.82) is 0 Å². The summed E-state index contributed by atoms with van der Waals surface area (Å²) in [6, 6.07) is 16.5. The third-order valence-electron chi connectivity index (χ3n) is 4.20. The third kappa shape index (κ3) is 3.44. The summed E-state index contributed by atoms with van der Waals surface area (Å²) in [5.74, 6) is -0.330. The number of hydrogen-bond acceptors (Lipinski definition) is 4. The Balaban J connectivity index is 1.63. The van der Waals surface area contributed by atoms with E-state index in [1.54, 1.807) is 42.5 Å². The van der Waals surface area contributed by atoms with Gasteiger partial charge in [0.05, 0.1) is 12.5 Å². The second kappa shape index (κ2) is 7.15. The summed E-state index contributed by atoms with van der Waals surface area (Å²) in [5, 5.41) is 0.432. The van der Waals surface area contributed by atoms with E-state index in [-0.39, 0.29) is 11.2 Å². The van der Waals surface area contributed by atoms with Crippen LogP contribution >= 0.6 is 0 Å². The van der Waals surface area contributed by atoms with E-state index in [1.165, 1.54) is 19.2 Å². The quantitative estimate of drug-likeness (QED) is 0.466. The predicted molar refractivity (Wildman–Crippen MR) is 101 cm³/mol. The zero-order valence-electron chi connectivity index (χ0n) is 14.7. The monoisotopic (exact) mass is 380 g/mol. The van der Waals surface area contributed by atoms with Gasteiger partial charge >= 0.3 is 0 Å². The van der Waals surface area contributed by atoms with E-state index in [9.17, 15) is 13.6 Å². The Morgan fingerprint density at radius 1 is 0.786 bits per heavy atom. The van der Waals surface area contributed by atoms with Crippen LogP contribution in [0.2, 0.25) is 0 Å². The summed E-state index contributed by atoms with van der Waals surface area (Å²) in [7, 11) is 1.53. The molecule has 0 amide bonds. The molecule has 0 saturated carbocycles. The van der Waals surface area contributed by atoms with E-state index in [0.717, 1.165) is 12.1 Å². The third-order valence-corrected chi connectivity index (χ3v) is 4.20. The van der Waals surface area contributed by atoms with Crippen LogP contribution in [0.3, 0.4) is 0 Å². The van der Waals surface area contributed by atoms with Crippen LogP contribution in [0.5, 0.6) is 17.2 Å². The molecule has 0 saturated heterocycles. The second-order valence-electron chi connectivity index (χ2n) is 6.04. The Hall–Kier alpha value is -3.67. The highest BCUT2D eigenvalue weighted by molar-refractivity contribution is 5.80. The molecule has 0 radical (unpaired) electrons. The molecule has 3 aromatic carbocycles. The Labute approximate surface area is 158 Å². The number of rotatable bonds is 4.